The molecule has 0 radical (unpaired) electrons. The minimum absolute atomic E-state index is 0.0377. The van der Waals surface area contributed by atoms with Crippen LogP contribution in [0.2, 0.25) is 0 Å². The largest absolute Gasteiger partial charge is 0.359 e. The Kier molecular flexibility index (Phi) is 5.17. The van der Waals surface area contributed by atoms with Gasteiger partial charge in [0.25, 0.3) is 0 Å². The average molecular weight is 455 g/mol. The van der Waals surface area contributed by atoms with Gasteiger partial charge < -0.3 is 10.1 Å². The highest BCUT2D eigenvalue weighted by Crippen LogP contribution is 2.69. The van der Waals surface area contributed by atoms with E-state index in [-0.39, 0.29) is 16.6 Å². The van der Waals surface area contributed by atoms with Gasteiger partial charge >= 0.3 is 0 Å². The summed E-state index contributed by atoms with van der Waals surface area (Å²) in [6, 6.07) is 9.18. The first-order valence-corrected chi connectivity index (χ1v) is 13.1. The van der Waals surface area contributed by atoms with Gasteiger partial charge in [-0.3, -0.25) is 4.98 Å². The molecule has 3 nitrogen and oxygen atoms in total. The molecule has 3 fully saturated rings. The fourth-order valence-corrected chi connectivity index (χ4v) is 8.25. The molecule has 3 aliphatic carbocycles. The molecule has 2 bridgehead atoms. The molecular weight excluding hydrogens is 416 g/mol. The van der Waals surface area contributed by atoms with Gasteiger partial charge in [0.05, 0.1) is 11.2 Å². The number of fused-ring (bicyclic) bond motifs is 1. The highest BCUT2D eigenvalue weighted by atomic mass is 16.5. The summed E-state index contributed by atoms with van der Waals surface area (Å²) < 4.78 is 7.37. The summed E-state index contributed by atoms with van der Waals surface area (Å²) in [4.78, 5) is 4.37. The van der Waals surface area contributed by atoms with Crippen LogP contribution >= 0.6 is 0 Å². The van der Waals surface area contributed by atoms with E-state index in [4.69, 9.17) is 4.74 Å². The van der Waals surface area contributed by atoms with E-state index in [0.717, 1.165) is 29.7 Å². The van der Waals surface area contributed by atoms with E-state index in [0.29, 0.717) is 17.9 Å². The van der Waals surface area contributed by atoms with E-state index < -0.39 is 0 Å². The lowest BCUT2D eigenvalue weighted by atomic mass is 9.58. The molecule has 1 aromatic rings. The monoisotopic (exact) mass is 454 g/mol. The highest BCUT2D eigenvalue weighted by molar-refractivity contribution is 5.48. The Bertz CT molecular complexity index is 1230. The molecule has 3 heteroatoms. The van der Waals surface area contributed by atoms with Crippen LogP contribution in [-0.4, -0.2) is 29.3 Å². The normalized spacial score (nSPS) is 39.8. The summed E-state index contributed by atoms with van der Waals surface area (Å²) in [6.07, 6.45) is 18.2. The third-order valence-corrected chi connectivity index (χ3v) is 9.95. The molecule has 3 heterocycles. The third-order valence-electron chi connectivity index (χ3n) is 9.95. The van der Waals surface area contributed by atoms with Crippen molar-refractivity contribution in [2.75, 3.05) is 7.05 Å². The average Bonchev–Trinajstić information content (AvgIpc) is 3.34. The van der Waals surface area contributed by atoms with Gasteiger partial charge in [0.2, 0.25) is 0 Å². The fourth-order valence-electron chi connectivity index (χ4n) is 8.25. The van der Waals surface area contributed by atoms with Gasteiger partial charge in [-0.2, -0.15) is 0 Å². The van der Waals surface area contributed by atoms with Crippen molar-refractivity contribution < 1.29 is 4.74 Å². The summed E-state index contributed by atoms with van der Waals surface area (Å²) in [5, 5.41) is 5.48. The van der Waals surface area contributed by atoms with Crippen molar-refractivity contribution in [1.82, 2.24) is 10.3 Å². The van der Waals surface area contributed by atoms with E-state index in [9.17, 15) is 0 Å². The molecule has 6 rings (SSSR count). The summed E-state index contributed by atoms with van der Waals surface area (Å²) in [7, 11) is 2.11. The second-order valence-corrected chi connectivity index (χ2v) is 11.7. The zero-order chi connectivity index (χ0) is 23.6. The van der Waals surface area contributed by atoms with Crippen molar-refractivity contribution in [3.8, 4) is 0 Å². The van der Waals surface area contributed by atoms with Gasteiger partial charge in [0.15, 0.2) is 0 Å². The van der Waals surface area contributed by atoms with Crippen molar-refractivity contribution in [1.29, 1.82) is 0 Å². The molecule has 0 unspecified atom stereocenters. The Balaban J connectivity index is 1.43. The maximum Gasteiger partial charge on any atom is 0.0974 e. The zero-order valence-corrected chi connectivity index (χ0v) is 20.8. The molecule has 178 valence electrons. The second kappa shape index (κ2) is 7.90. The second-order valence-electron chi connectivity index (χ2n) is 11.7. The van der Waals surface area contributed by atoms with Crippen LogP contribution < -0.4 is 15.8 Å². The van der Waals surface area contributed by atoms with Crippen molar-refractivity contribution >= 4 is 13.2 Å². The lowest BCUT2D eigenvalue weighted by Gasteiger charge is -2.54. The SMILES string of the molecule is C=c1ccncc(=C)cc([C@H]2CC[C@@H]3[C@]2(C)CC=C2C=C4CC[C@@H](NC)C[C@]45CC[C@@]23O5)cc1. The van der Waals surface area contributed by atoms with Gasteiger partial charge in [0, 0.05) is 18.4 Å². The highest BCUT2D eigenvalue weighted by Gasteiger charge is 2.66. The Morgan fingerprint density at radius 1 is 1.09 bits per heavy atom. The molecule has 0 amide bonds. The van der Waals surface area contributed by atoms with Crippen LogP contribution in [-0.2, 0) is 4.74 Å². The van der Waals surface area contributed by atoms with E-state index >= 15 is 0 Å². The summed E-state index contributed by atoms with van der Waals surface area (Å²) in [6.45, 7) is 10.9. The fraction of sp³-hybridized carbons (Fsp3) is 0.516. The topological polar surface area (TPSA) is 34.2 Å². The van der Waals surface area contributed by atoms with Crippen LogP contribution in [0.4, 0.5) is 0 Å². The van der Waals surface area contributed by atoms with Crippen LogP contribution in [0.15, 0.2) is 60.0 Å². The van der Waals surface area contributed by atoms with Gasteiger partial charge in [-0.25, -0.2) is 0 Å². The molecule has 2 saturated carbocycles. The Morgan fingerprint density at radius 3 is 2.82 bits per heavy atom. The minimum atomic E-state index is -0.105. The number of nitrogens with one attached hydrogen (secondary N) is 1. The van der Waals surface area contributed by atoms with Crippen molar-refractivity contribution in [2.24, 2.45) is 11.3 Å². The summed E-state index contributed by atoms with van der Waals surface area (Å²) in [5.74, 6) is 1.02. The molecule has 1 aromatic heterocycles. The summed E-state index contributed by atoms with van der Waals surface area (Å²) >= 11 is 0. The number of rotatable bonds is 2. The first kappa shape index (κ1) is 22.2. The molecule has 2 spiro atoms. The Labute approximate surface area is 204 Å². The summed E-state index contributed by atoms with van der Waals surface area (Å²) in [5.41, 5.74) is 4.45. The number of allylic oxidation sites excluding steroid dienone is 1. The van der Waals surface area contributed by atoms with E-state index in [2.05, 4.69) is 67.8 Å². The zero-order valence-electron chi connectivity index (χ0n) is 20.8. The molecule has 1 N–H and O–H groups in total. The van der Waals surface area contributed by atoms with Crippen molar-refractivity contribution in [2.45, 2.75) is 81.5 Å². The minimum Gasteiger partial charge on any atom is -0.359 e. The maximum absolute atomic E-state index is 7.37. The predicted octanol–water partition coefficient (Wildman–Crippen LogP) is 4.86. The predicted molar refractivity (Wildman–Crippen MR) is 139 cm³/mol. The van der Waals surface area contributed by atoms with Crippen LogP contribution in [0.25, 0.3) is 13.2 Å². The van der Waals surface area contributed by atoms with Gasteiger partial charge in [0.1, 0.15) is 0 Å². The van der Waals surface area contributed by atoms with Gasteiger partial charge in [-0.1, -0.05) is 50.4 Å². The quantitative estimate of drug-likeness (QED) is 0.693. The first-order chi connectivity index (χ1) is 16.4. The van der Waals surface area contributed by atoms with Crippen molar-refractivity contribution in [3.05, 3.63) is 76.0 Å². The van der Waals surface area contributed by atoms with E-state index in [1.807, 2.05) is 12.3 Å². The molecule has 34 heavy (non-hydrogen) atoms. The molecule has 0 aromatic carbocycles. The smallest absolute Gasteiger partial charge is 0.0974 e. The molecular formula is C31H38N2O. The maximum atomic E-state index is 7.37. The first-order valence-electron chi connectivity index (χ1n) is 13.1. The lowest BCUT2D eigenvalue weighted by Crippen LogP contribution is -2.54. The molecule has 5 aliphatic rings. The number of nitrogens with zero attached hydrogens (tertiary/aromatic N) is 1. The number of aromatic nitrogens is 1. The van der Waals surface area contributed by atoms with Crippen LogP contribution in [0.1, 0.15) is 69.8 Å². The van der Waals surface area contributed by atoms with Crippen LogP contribution in [0, 0.1) is 11.3 Å². The number of hydrogen-bond acceptors (Lipinski definition) is 3. The van der Waals surface area contributed by atoms with Gasteiger partial charge in [-0.05, 0) is 109 Å². The number of ether oxygens (including phenoxy) is 1. The molecule has 2 aliphatic heterocycles. The standard InChI is InChI=1S/C31H38N2O/c1-21-5-6-23(17-22(2)20-33-16-12-21)27-9-10-28-29(27,3)13-11-25-18-24-7-8-26(32-4)19-30(24)14-15-31(25,28)34-30/h5-6,11-12,16-18,20,26-28,32H,1-2,7-10,13-15,19H2,3-4H3/t26-,27-,28-,29-,30-,31-/m1/s1. The van der Waals surface area contributed by atoms with Crippen LogP contribution in [0.5, 0.6) is 0 Å². The van der Waals surface area contributed by atoms with E-state index in [1.165, 1.54) is 43.2 Å². The van der Waals surface area contributed by atoms with Gasteiger partial charge in [-0.15, -0.1) is 0 Å². The third kappa shape index (κ3) is 3.20. The Hall–Kier alpha value is -2.23. The lowest BCUT2D eigenvalue weighted by molar-refractivity contribution is -0.136. The Morgan fingerprint density at radius 2 is 1.97 bits per heavy atom. The van der Waals surface area contributed by atoms with E-state index in [1.54, 1.807) is 11.8 Å². The van der Waals surface area contributed by atoms with Crippen LogP contribution in [0.3, 0.4) is 0 Å². The number of hydrogen-bond donors (Lipinski definition) is 1. The molecule has 6 atom stereocenters. The molecule has 1 saturated heterocycles. The van der Waals surface area contributed by atoms with Crippen molar-refractivity contribution in [3.63, 3.8) is 0 Å².